The first-order chi connectivity index (χ1) is 25.7. The highest BCUT2D eigenvalue weighted by Gasteiger charge is 2.04. The van der Waals surface area contributed by atoms with Crippen molar-refractivity contribution in [2.24, 2.45) is 0 Å². The molecule has 0 saturated heterocycles. The Kier molecular flexibility index (Phi) is 45.2. The fraction of sp³-hybridized carbons (Fsp3) is 0.958. The summed E-state index contributed by atoms with van der Waals surface area (Å²) < 4.78 is 10.9. The van der Waals surface area contributed by atoms with Gasteiger partial charge in [-0.15, -0.1) is 0 Å². The summed E-state index contributed by atoms with van der Waals surface area (Å²) in [6.07, 6.45) is 53.6. The Balaban J connectivity index is 3.21. The largest absolute Gasteiger partial charge is 0.466 e. The lowest BCUT2D eigenvalue weighted by molar-refractivity contribution is -0.144. The highest BCUT2D eigenvalue weighted by molar-refractivity contribution is 5.69. The van der Waals surface area contributed by atoms with Crippen LogP contribution in [-0.2, 0) is 19.1 Å². The van der Waals surface area contributed by atoms with Crippen molar-refractivity contribution in [3.63, 3.8) is 0 Å². The Hall–Kier alpha value is -1.06. The van der Waals surface area contributed by atoms with Crippen molar-refractivity contribution in [3.05, 3.63) is 0 Å². The molecular formula is C48H94O4. The lowest BCUT2D eigenvalue weighted by Gasteiger charge is -2.06. The van der Waals surface area contributed by atoms with E-state index in [9.17, 15) is 9.59 Å². The van der Waals surface area contributed by atoms with E-state index in [0.717, 1.165) is 38.5 Å². The van der Waals surface area contributed by atoms with Gasteiger partial charge in [0.1, 0.15) is 0 Å². The Labute approximate surface area is 326 Å². The molecule has 0 aliphatic heterocycles. The predicted molar refractivity (Wildman–Crippen MR) is 227 cm³/mol. The number of unbranched alkanes of at least 4 members (excludes halogenated alkanes) is 37. The highest BCUT2D eigenvalue weighted by Crippen LogP contribution is 2.16. The van der Waals surface area contributed by atoms with Gasteiger partial charge in [-0.1, -0.05) is 245 Å². The maximum atomic E-state index is 12.0. The number of carbonyl (C=O) groups excluding carboxylic acids is 2. The van der Waals surface area contributed by atoms with Crippen LogP contribution >= 0.6 is 0 Å². The average molecular weight is 735 g/mol. The van der Waals surface area contributed by atoms with Crippen molar-refractivity contribution >= 4 is 11.9 Å². The highest BCUT2D eigenvalue weighted by atomic mass is 16.5. The molecule has 52 heavy (non-hydrogen) atoms. The molecule has 0 N–H and O–H groups in total. The lowest BCUT2D eigenvalue weighted by atomic mass is 10.0. The van der Waals surface area contributed by atoms with E-state index >= 15 is 0 Å². The molecule has 0 aliphatic rings. The second-order valence-corrected chi connectivity index (χ2v) is 16.4. The molecule has 0 aromatic heterocycles. The van der Waals surface area contributed by atoms with Crippen LogP contribution in [0, 0.1) is 0 Å². The third-order valence-electron chi connectivity index (χ3n) is 11.0. The minimum atomic E-state index is 0.00630. The molecule has 4 heteroatoms. The van der Waals surface area contributed by atoms with Crippen LogP contribution in [0.25, 0.3) is 0 Å². The maximum absolute atomic E-state index is 12.0. The van der Waals surface area contributed by atoms with Gasteiger partial charge in [-0.25, -0.2) is 0 Å². The van der Waals surface area contributed by atoms with Gasteiger partial charge in [0, 0.05) is 12.8 Å². The van der Waals surface area contributed by atoms with E-state index in [2.05, 4.69) is 13.8 Å². The molecule has 0 rings (SSSR count). The minimum absolute atomic E-state index is 0.00630. The summed E-state index contributed by atoms with van der Waals surface area (Å²) in [7, 11) is 0. The monoisotopic (exact) mass is 735 g/mol. The van der Waals surface area contributed by atoms with Crippen LogP contribution in [0.4, 0.5) is 0 Å². The lowest BCUT2D eigenvalue weighted by Crippen LogP contribution is -2.05. The van der Waals surface area contributed by atoms with Crippen LogP contribution in [0.2, 0.25) is 0 Å². The summed E-state index contributed by atoms with van der Waals surface area (Å²) in [6, 6.07) is 0. The Morgan fingerprint density at radius 2 is 0.423 bits per heavy atom. The first-order valence-electron chi connectivity index (χ1n) is 24.0. The fourth-order valence-corrected chi connectivity index (χ4v) is 7.42. The second kappa shape index (κ2) is 46.1. The van der Waals surface area contributed by atoms with Crippen molar-refractivity contribution in [1.29, 1.82) is 0 Å². The Bertz CT molecular complexity index is 634. The smallest absolute Gasteiger partial charge is 0.305 e. The van der Waals surface area contributed by atoms with Crippen molar-refractivity contribution in [1.82, 2.24) is 0 Å². The topological polar surface area (TPSA) is 52.6 Å². The first-order valence-corrected chi connectivity index (χ1v) is 24.0. The van der Waals surface area contributed by atoms with E-state index in [1.165, 1.54) is 218 Å². The van der Waals surface area contributed by atoms with Crippen LogP contribution in [0.15, 0.2) is 0 Å². The molecule has 0 heterocycles. The molecule has 0 unspecified atom stereocenters. The van der Waals surface area contributed by atoms with E-state index in [1.54, 1.807) is 0 Å². The standard InChI is InChI=1S/C48H94O4/c1-3-5-7-9-11-13-15-17-21-25-29-33-37-41-45-51-47(49)43-39-35-31-27-23-19-20-24-28-32-36-40-44-48(50)52-46-42-38-34-30-26-22-18-16-14-12-10-8-6-4-2/h3-46H2,1-2H3. The molecular weight excluding hydrogens is 641 g/mol. The fourth-order valence-electron chi connectivity index (χ4n) is 7.42. The summed E-state index contributed by atoms with van der Waals surface area (Å²) in [5.74, 6) is 0.0126. The van der Waals surface area contributed by atoms with Gasteiger partial charge in [-0.2, -0.15) is 0 Å². The van der Waals surface area contributed by atoms with Crippen molar-refractivity contribution in [2.45, 2.75) is 284 Å². The summed E-state index contributed by atoms with van der Waals surface area (Å²) in [4.78, 5) is 24.0. The molecule has 0 atom stereocenters. The summed E-state index contributed by atoms with van der Waals surface area (Å²) >= 11 is 0. The number of esters is 2. The average Bonchev–Trinajstić information content (AvgIpc) is 3.14. The van der Waals surface area contributed by atoms with Crippen LogP contribution < -0.4 is 0 Å². The quantitative estimate of drug-likeness (QED) is 0.0462. The van der Waals surface area contributed by atoms with E-state index < -0.39 is 0 Å². The molecule has 0 fully saturated rings. The van der Waals surface area contributed by atoms with Gasteiger partial charge in [-0.05, 0) is 25.7 Å². The first kappa shape index (κ1) is 50.9. The van der Waals surface area contributed by atoms with E-state index in [1.807, 2.05) is 0 Å². The zero-order valence-corrected chi connectivity index (χ0v) is 35.7. The molecule has 0 aromatic carbocycles. The SMILES string of the molecule is CCCCCCCCCCCCCCCCOC(=O)CCCCCCCCCCCCCCC(=O)OCCCCCCCCCCCCCCCC. The third kappa shape index (κ3) is 45.1. The Morgan fingerprint density at radius 1 is 0.250 bits per heavy atom. The number of ether oxygens (including phenoxy) is 2. The minimum Gasteiger partial charge on any atom is -0.466 e. The predicted octanol–water partition coefficient (Wildman–Crippen LogP) is 16.5. The van der Waals surface area contributed by atoms with Crippen LogP contribution in [-0.4, -0.2) is 25.2 Å². The van der Waals surface area contributed by atoms with Crippen molar-refractivity contribution in [2.75, 3.05) is 13.2 Å². The number of hydrogen-bond acceptors (Lipinski definition) is 4. The van der Waals surface area contributed by atoms with E-state index in [0.29, 0.717) is 26.1 Å². The summed E-state index contributed by atoms with van der Waals surface area (Å²) in [5.41, 5.74) is 0. The molecule has 310 valence electrons. The van der Waals surface area contributed by atoms with Crippen LogP contribution in [0.1, 0.15) is 284 Å². The van der Waals surface area contributed by atoms with E-state index in [4.69, 9.17) is 9.47 Å². The molecule has 0 spiro atoms. The molecule has 0 radical (unpaired) electrons. The summed E-state index contributed by atoms with van der Waals surface area (Å²) in [6.45, 7) is 5.80. The molecule has 0 bridgehead atoms. The summed E-state index contributed by atoms with van der Waals surface area (Å²) in [5, 5.41) is 0. The molecule has 0 aliphatic carbocycles. The number of carbonyl (C=O) groups is 2. The zero-order chi connectivity index (χ0) is 37.7. The normalized spacial score (nSPS) is 11.3. The zero-order valence-electron chi connectivity index (χ0n) is 35.7. The van der Waals surface area contributed by atoms with E-state index in [-0.39, 0.29) is 11.9 Å². The number of rotatable bonds is 45. The van der Waals surface area contributed by atoms with Gasteiger partial charge in [0.2, 0.25) is 0 Å². The second-order valence-electron chi connectivity index (χ2n) is 16.4. The van der Waals surface area contributed by atoms with Crippen molar-refractivity contribution < 1.29 is 19.1 Å². The molecule has 0 amide bonds. The third-order valence-corrected chi connectivity index (χ3v) is 11.0. The molecule has 4 nitrogen and oxygen atoms in total. The number of hydrogen-bond donors (Lipinski definition) is 0. The van der Waals surface area contributed by atoms with Crippen LogP contribution in [0.5, 0.6) is 0 Å². The van der Waals surface area contributed by atoms with Gasteiger partial charge < -0.3 is 9.47 Å². The molecule has 0 saturated carbocycles. The Morgan fingerprint density at radius 3 is 0.635 bits per heavy atom. The van der Waals surface area contributed by atoms with Crippen molar-refractivity contribution in [3.8, 4) is 0 Å². The van der Waals surface area contributed by atoms with Gasteiger partial charge in [0.15, 0.2) is 0 Å². The van der Waals surface area contributed by atoms with Gasteiger partial charge in [0.25, 0.3) is 0 Å². The van der Waals surface area contributed by atoms with Crippen LogP contribution in [0.3, 0.4) is 0 Å². The van der Waals surface area contributed by atoms with Gasteiger partial charge in [0.05, 0.1) is 13.2 Å². The van der Waals surface area contributed by atoms with Gasteiger partial charge in [-0.3, -0.25) is 9.59 Å². The van der Waals surface area contributed by atoms with Gasteiger partial charge >= 0.3 is 11.9 Å². The molecule has 0 aromatic rings. The maximum Gasteiger partial charge on any atom is 0.305 e.